The second kappa shape index (κ2) is 9.88. The van der Waals surface area contributed by atoms with Crippen molar-refractivity contribution in [1.82, 2.24) is 14.6 Å². The Balaban J connectivity index is 1.61. The third kappa shape index (κ3) is 5.59. The molecule has 0 bridgehead atoms. The van der Waals surface area contributed by atoms with Gasteiger partial charge >= 0.3 is 0 Å². The smallest absolute Gasteiger partial charge is 0.247 e. The molecule has 1 fully saturated rings. The lowest BCUT2D eigenvalue weighted by Crippen LogP contribution is -2.49. The van der Waals surface area contributed by atoms with Crippen molar-refractivity contribution in [3.8, 4) is 5.75 Å². The molecule has 10 heteroatoms. The standard InChI is InChI=1S/C21H26N4O5S/c1-15(20(26)24-19-7-3-4-12-22-19)23-21(27)16-6-5-13-25(14-16)31(28,29)18-10-8-17(30-2)9-11-18/h3-4,7-12,15-16H,5-6,13-14H2,1-2H3,(H,23,27)(H,22,24,26)/t15-,16?/m0/s1. The summed E-state index contributed by atoms with van der Waals surface area (Å²) in [4.78, 5) is 29.2. The molecule has 2 amide bonds. The Morgan fingerprint density at radius 3 is 2.58 bits per heavy atom. The minimum absolute atomic E-state index is 0.0643. The number of rotatable bonds is 7. The maximum atomic E-state index is 13.0. The maximum absolute atomic E-state index is 13.0. The summed E-state index contributed by atoms with van der Waals surface area (Å²) in [5.41, 5.74) is 0. The average Bonchev–Trinajstić information content (AvgIpc) is 2.79. The summed E-state index contributed by atoms with van der Waals surface area (Å²) in [5.74, 6) is -0.327. The van der Waals surface area contributed by atoms with E-state index in [-0.39, 0.29) is 17.3 Å². The van der Waals surface area contributed by atoms with Crippen molar-refractivity contribution in [2.75, 3.05) is 25.5 Å². The van der Waals surface area contributed by atoms with Gasteiger partial charge in [-0.3, -0.25) is 9.59 Å². The van der Waals surface area contributed by atoms with Gasteiger partial charge in [0.2, 0.25) is 21.8 Å². The number of nitrogens with one attached hydrogen (secondary N) is 2. The molecule has 2 heterocycles. The van der Waals surface area contributed by atoms with Gasteiger partial charge in [0.25, 0.3) is 0 Å². The van der Waals surface area contributed by atoms with Crippen molar-refractivity contribution >= 4 is 27.7 Å². The number of anilines is 1. The Morgan fingerprint density at radius 2 is 1.94 bits per heavy atom. The van der Waals surface area contributed by atoms with Gasteiger partial charge in [0.1, 0.15) is 17.6 Å². The molecule has 166 valence electrons. The lowest BCUT2D eigenvalue weighted by Gasteiger charge is -2.31. The molecule has 1 aromatic carbocycles. The first-order chi connectivity index (χ1) is 14.8. The quantitative estimate of drug-likeness (QED) is 0.668. The minimum atomic E-state index is -3.73. The molecule has 0 radical (unpaired) electrons. The third-order valence-corrected chi connectivity index (χ3v) is 7.00. The summed E-state index contributed by atoms with van der Waals surface area (Å²) in [6, 6.07) is 10.5. The van der Waals surface area contributed by atoms with Gasteiger partial charge < -0.3 is 15.4 Å². The molecule has 3 rings (SSSR count). The van der Waals surface area contributed by atoms with Gasteiger partial charge in [0, 0.05) is 19.3 Å². The molecule has 0 aliphatic carbocycles. The molecule has 1 saturated heterocycles. The lowest BCUT2D eigenvalue weighted by molar-refractivity contribution is -0.129. The number of aromatic nitrogens is 1. The summed E-state index contributed by atoms with van der Waals surface area (Å²) in [6.45, 7) is 1.98. The van der Waals surface area contributed by atoms with E-state index in [1.165, 1.54) is 23.5 Å². The van der Waals surface area contributed by atoms with Crippen molar-refractivity contribution < 1.29 is 22.7 Å². The van der Waals surface area contributed by atoms with Crippen molar-refractivity contribution in [2.45, 2.75) is 30.7 Å². The van der Waals surface area contributed by atoms with Crippen LogP contribution in [0.15, 0.2) is 53.6 Å². The van der Waals surface area contributed by atoms with Gasteiger partial charge in [-0.25, -0.2) is 13.4 Å². The van der Waals surface area contributed by atoms with Gasteiger partial charge in [0.05, 0.1) is 17.9 Å². The number of sulfonamides is 1. The summed E-state index contributed by atoms with van der Waals surface area (Å²) in [7, 11) is -2.22. The molecule has 1 aromatic heterocycles. The van der Waals surface area contributed by atoms with E-state index in [1.807, 2.05) is 0 Å². The highest BCUT2D eigenvalue weighted by molar-refractivity contribution is 7.89. The number of piperidine rings is 1. The maximum Gasteiger partial charge on any atom is 0.247 e. The zero-order chi connectivity index (χ0) is 22.4. The van der Waals surface area contributed by atoms with Crippen LogP contribution in [0.5, 0.6) is 5.75 Å². The molecule has 9 nitrogen and oxygen atoms in total. The topological polar surface area (TPSA) is 118 Å². The molecule has 0 saturated carbocycles. The van der Waals surface area contributed by atoms with Gasteiger partial charge in [-0.1, -0.05) is 6.07 Å². The molecule has 2 N–H and O–H groups in total. The van der Waals surface area contributed by atoms with Crippen molar-refractivity contribution in [2.24, 2.45) is 5.92 Å². The number of hydrogen-bond donors (Lipinski definition) is 2. The van der Waals surface area contributed by atoms with Crippen LogP contribution in [0.2, 0.25) is 0 Å². The normalized spacial score (nSPS) is 18.1. The first-order valence-electron chi connectivity index (χ1n) is 9.97. The van der Waals surface area contributed by atoms with Crippen LogP contribution in [0.25, 0.3) is 0 Å². The molecule has 1 aliphatic heterocycles. The largest absolute Gasteiger partial charge is 0.497 e. The highest BCUT2D eigenvalue weighted by Gasteiger charge is 2.34. The third-order valence-electron chi connectivity index (χ3n) is 5.12. The van der Waals surface area contributed by atoms with Crippen LogP contribution in [0.1, 0.15) is 19.8 Å². The average molecular weight is 447 g/mol. The Morgan fingerprint density at radius 1 is 1.19 bits per heavy atom. The number of amides is 2. The van der Waals surface area contributed by atoms with E-state index in [2.05, 4.69) is 15.6 Å². The van der Waals surface area contributed by atoms with Gasteiger partial charge in [-0.15, -0.1) is 0 Å². The van der Waals surface area contributed by atoms with Crippen LogP contribution < -0.4 is 15.4 Å². The van der Waals surface area contributed by atoms with E-state index in [1.54, 1.807) is 43.5 Å². The summed E-state index contributed by atoms with van der Waals surface area (Å²) >= 11 is 0. The Kier molecular flexibility index (Phi) is 7.24. The van der Waals surface area contributed by atoms with Gasteiger partial charge in [-0.05, 0) is 56.2 Å². The Labute approximate surface area is 181 Å². The summed E-state index contributed by atoms with van der Waals surface area (Å²) < 4.78 is 32.3. The van der Waals surface area contributed by atoms with E-state index in [4.69, 9.17) is 4.74 Å². The highest BCUT2D eigenvalue weighted by atomic mass is 32.2. The summed E-state index contributed by atoms with van der Waals surface area (Å²) in [5, 5.41) is 5.31. The predicted octanol–water partition coefficient (Wildman–Crippen LogP) is 1.63. The van der Waals surface area contributed by atoms with Crippen LogP contribution in [-0.2, 0) is 19.6 Å². The Hall–Kier alpha value is -2.98. The monoisotopic (exact) mass is 446 g/mol. The molecule has 31 heavy (non-hydrogen) atoms. The second-order valence-electron chi connectivity index (χ2n) is 7.31. The SMILES string of the molecule is COc1ccc(S(=O)(=O)N2CCCC(C(=O)N[C@@H](C)C(=O)Nc3ccccn3)C2)cc1. The van der Waals surface area contributed by atoms with Crippen LogP contribution in [0, 0.1) is 5.92 Å². The van der Waals surface area contributed by atoms with E-state index in [0.29, 0.717) is 31.0 Å². The number of benzene rings is 1. The van der Waals surface area contributed by atoms with Crippen molar-refractivity contribution in [3.63, 3.8) is 0 Å². The zero-order valence-electron chi connectivity index (χ0n) is 17.4. The molecular formula is C21H26N4O5S. The zero-order valence-corrected chi connectivity index (χ0v) is 18.3. The number of hydrogen-bond acceptors (Lipinski definition) is 6. The fourth-order valence-electron chi connectivity index (χ4n) is 3.34. The first-order valence-corrected chi connectivity index (χ1v) is 11.4. The second-order valence-corrected chi connectivity index (χ2v) is 9.25. The van der Waals surface area contributed by atoms with Crippen molar-refractivity contribution in [1.29, 1.82) is 0 Å². The van der Waals surface area contributed by atoms with Gasteiger partial charge in [0.15, 0.2) is 0 Å². The summed E-state index contributed by atoms with van der Waals surface area (Å²) in [6.07, 6.45) is 2.66. The molecule has 2 aromatic rings. The predicted molar refractivity (Wildman–Crippen MR) is 115 cm³/mol. The van der Waals surface area contributed by atoms with Crippen LogP contribution in [-0.4, -0.2) is 55.8 Å². The van der Waals surface area contributed by atoms with Crippen LogP contribution in [0.4, 0.5) is 5.82 Å². The van der Waals surface area contributed by atoms with E-state index < -0.39 is 27.9 Å². The van der Waals surface area contributed by atoms with Crippen LogP contribution >= 0.6 is 0 Å². The first kappa shape index (κ1) is 22.7. The molecule has 0 spiro atoms. The fourth-order valence-corrected chi connectivity index (χ4v) is 4.86. The molecule has 2 atom stereocenters. The minimum Gasteiger partial charge on any atom is -0.497 e. The number of methoxy groups -OCH3 is 1. The Bertz CT molecular complexity index is 1010. The van der Waals surface area contributed by atoms with E-state index in [0.717, 1.165) is 0 Å². The van der Waals surface area contributed by atoms with Crippen molar-refractivity contribution in [3.05, 3.63) is 48.7 Å². The van der Waals surface area contributed by atoms with E-state index >= 15 is 0 Å². The number of ether oxygens (including phenoxy) is 1. The highest BCUT2D eigenvalue weighted by Crippen LogP contribution is 2.25. The lowest BCUT2D eigenvalue weighted by atomic mass is 9.98. The number of nitrogens with zero attached hydrogens (tertiary/aromatic N) is 2. The number of carbonyl (C=O) groups is 2. The number of carbonyl (C=O) groups excluding carboxylic acids is 2. The van der Waals surface area contributed by atoms with Gasteiger partial charge in [-0.2, -0.15) is 4.31 Å². The van der Waals surface area contributed by atoms with E-state index in [9.17, 15) is 18.0 Å². The molecule has 1 unspecified atom stereocenters. The molecule has 1 aliphatic rings. The number of pyridine rings is 1. The van der Waals surface area contributed by atoms with Crippen LogP contribution in [0.3, 0.4) is 0 Å². The fraction of sp³-hybridized carbons (Fsp3) is 0.381. The molecular weight excluding hydrogens is 420 g/mol.